The van der Waals surface area contributed by atoms with Crippen molar-refractivity contribution in [2.45, 2.75) is 6.42 Å². The van der Waals surface area contributed by atoms with Crippen molar-refractivity contribution in [2.75, 3.05) is 62.8 Å². The second kappa shape index (κ2) is 11.6. The number of hydrogen-bond acceptors (Lipinski definition) is 6. The summed E-state index contributed by atoms with van der Waals surface area (Å²) in [6, 6.07) is 16.1. The highest BCUT2D eigenvalue weighted by molar-refractivity contribution is 6.00. The third-order valence-electron chi connectivity index (χ3n) is 5.90. The maximum Gasteiger partial charge on any atom is 0.262 e. The van der Waals surface area contributed by atoms with E-state index in [-0.39, 0.29) is 36.7 Å². The van der Waals surface area contributed by atoms with Gasteiger partial charge in [-0.3, -0.25) is 19.3 Å². The molecule has 0 saturated carbocycles. The summed E-state index contributed by atoms with van der Waals surface area (Å²) in [5.74, 6) is -0.268. The number of nitrogens with zero attached hydrogens (tertiary/aromatic N) is 2. The molecule has 0 aromatic heterocycles. The van der Waals surface area contributed by atoms with E-state index in [1.807, 2.05) is 18.2 Å². The number of ether oxygens (including phenoxy) is 2. The summed E-state index contributed by atoms with van der Waals surface area (Å²) in [6.07, 6.45) is 0.196. The predicted molar refractivity (Wildman–Crippen MR) is 128 cm³/mol. The fourth-order valence-corrected chi connectivity index (χ4v) is 4.03. The Hall–Kier alpha value is -3.43. The maximum absolute atomic E-state index is 12.6. The molecule has 1 atom stereocenters. The van der Waals surface area contributed by atoms with Crippen LogP contribution >= 0.6 is 0 Å². The van der Waals surface area contributed by atoms with Gasteiger partial charge in [0, 0.05) is 50.5 Å². The lowest BCUT2D eigenvalue weighted by molar-refractivity contribution is -0.126. The molecule has 2 aromatic carbocycles. The van der Waals surface area contributed by atoms with Crippen LogP contribution < -0.4 is 20.3 Å². The summed E-state index contributed by atoms with van der Waals surface area (Å²) < 4.78 is 10.9. The van der Waals surface area contributed by atoms with Gasteiger partial charge in [-0.2, -0.15) is 0 Å². The summed E-state index contributed by atoms with van der Waals surface area (Å²) in [7, 11) is 0. The first kappa shape index (κ1) is 23.7. The van der Waals surface area contributed by atoms with E-state index in [1.54, 1.807) is 41.3 Å². The maximum atomic E-state index is 12.6. The smallest absolute Gasteiger partial charge is 0.262 e. The third-order valence-corrected chi connectivity index (χ3v) is 5.90. The minimum absolute atomic E-state index is 0.0794. The number of carbonyl (C=O) groups is 3. The number of nitrogens with one attached hydrogen (secondary N) is 2. The second-order valence-corrected chi connectivity index (χ2v) is 8.35. The van der Waals surface area contributed by atoms with E-state index < -0.39 is 0 Å². The highest BCUT2D eigenvalue weighted by Crippen LogP contribution is 2.27. The van der Waals surface area contributed by atoms with Crippen LogP contribution in [0, 0.1) is 5.92 Å². The Morgan fingerprint density at radius 3 is 2.50 bits per heavy atom. The number of hydrogen-bond donors (Lipinski definition) is 2. The Labute approximate surface area is 199 Å². The number of morpholine rings is 1. The third kappa shape index (κ3) is 6.55. The van der Waals surface area contributed by atoms with E-state index in [4.69, 9.17) is 9.47 Å². The zero-order chi connectivity index (χ0) is 23.8. The summed E-state index contributed by atoms with van der Waals surface area (Å²) in [4.78, 5) is 41.0. The van der Waals surface area contributed by atoms with Crippen LogP contribution in [0.3, 0.4) is 0 Å². The van der Waals surface area contributed by atoms with E-state index in [1.165, 1.54) is 0 Å². The summed E-state index contributed by atoms with van der Waals surface area (Å²) >= 11 is 0. The zero-order valence-electron chi connectivity index (χ0n) is 19.1. The van der Waals surface area contributed by atoms with Crippen LogP contribution in [-0.4, -0.2) is 75.2 Å². The fraction of sp³-hybridized carbons (Fsp3) is 0.400. The van der Waals surface area contributed by atoms with E-state index >= 15 is 0 Å². The molecule has 0 bridgehead atoms. The molecule has 0 spiro atoms. The Morgan fingerprint density at radius 2 is 1.76 bits per heavy atom. The molecule has 2 heterocycles. The van der Waals surface area contributed by atoms with Crippen molar-refractivity contribution < 1.29 is 23.9 Å². The quantitative estimate of drug-likeness (QED) is 0.581. The molecular formula is C25H30N4O5. The molecule has 2 aromatic rings. The van der Waals surface area contributed by atoms with Crippen molar-refractivity contribution in [3.05, 3.63) is 54.6 Å². The molecule has 2 aliphatic rings. The number of benzene rings is 2. The first-order valence-corrected chi connectivity index (χ1v) is 11.5. The molecule has 2 aliphatic heterocycles. The topological polar surface area (TPSA) is 100 Å². The highest BCUT2D eigenvalue weighted by atomic mass is 16.5. The van der Waals surface area contributed by atoms with Crippen LogP contribution in [0.2, 0.25) is 0 Å². The lowest BCUT2D eigenvalue weighted by Gasteiger charge is -2.26. The number of anilines is 2. The molecule has 2 saturated heterocycles. The summed E-state index contributed by atoms with van der Waals surface area (Å²) in [5.41, 5.74) is 1.41. The molecule has 9 nitrogen and oxygen atoms in total. The van der Waals surface area contributed by atoms with Crippen molar-refractivity contribution >= 4 is 29.1 Å². The van der Waals surface area contributed by atoms with E-state index in [2.05, 4.69) is 15.5 Å². The van der Waals surface area contributed by atoms with Gasteiger partial charge in [0.25, 0.3) is 5.91 Å². The Kier molecular flexibility index (Phi) is 8.11. The van der Waals surface area contributed by atoms with E-state index in [9.17, 15) is 14.4 Å². The minimum Gasteiger partial charge on any atom is -0.484 e. The average molecular weight is 467 g/mol. The molecule has 2 fully saturated rings. The molecule has 0 aliphatic carbocycles. The summed E-state index contributed by atoms with van der Waals surface area (Å²) in [5, 5.41) is 5.72. The number of rotatable bonds is 9. The van der Waals surface area contributed by atoms with Crippen LogP contribution in [0.4, 0.5) is 11.4 Å². The molecular weight excluding hydrogens is 436 g/mol. The van der Waals surface area contributed by atoms with Gasteiger partial charge in [0.2, 0.25) is 11.8 Å². The van der Waals surface area contributed by atoms with Gasteiger partial charge in [0.05, 0.1) is 19.1 Å². The van der Waals surface area contributed by atoms with Gasteiger partial charge < -0.3 is 25.0 Å². The fourth-order valence-electron chi connectivity index (χ4n) is 4.03. The summed E-state index contributed by atoms with van der Waals surface area (Å²) in [6.45, 7) is 4.78. The molecule has 0 unspecified atom stereocenters. The standard InChI is InChI=1S/C25H30N4O5/c30-23(27-20-4-2-1-3-5-20)18-34-22-8-6-21(7-9-22)29-17-19(16-24(29)31)25(32)26-10-11-28-12-14-33-15-13-28/h1-9,19H,10-18H2,(H,26,32)(H,27,30)/t19-/m1/s1. The highest BCUT2D eigenvalue weighted by Gasteiger charge is 2.35. The van der Waals surface area contributed by atoms with Gasteiger partial charge >= 0.3 is 0 Å². The van der Waals surface area contributed by atoms with Crippen LogP contribution in [-0.2, 0) is 19.1 Å². The number of carbonyl (C=O) groups excluding carboxylic acids is 3. The molecule has 2 N–H and O–H groups in total. The molecule has 180 valence electrons. The number of amides is 3. The van der Waals surface area contributed by atoms with Crippen LogP contribution in [0.1, 0.15) is 6.42 Å². The SMILES string of the molecule is O=C(COc1ccc(N2C[C@H](C(=O)NCCN3CCOCC3)CC2=O)cc1)Nc1ccccc1. The van der Waals surface area contributed by atoms with Gasteiger partial charge in [-0.15, -0.1) is 0 Å². The van der Waals surface area contributed by atoms with Crippen molar-refractivity contribution in [3.8, 4) is 5.75 Å². The zero-order valence-corrected chi connectivity index (χ0v) is 19.1. The first-order chi connectivity index (χ1) is 16.6. The number of para-hydroxylation sites is 1. The van der Waals surface area contributed by atoms with Gasteiger partial charge in [0.1, 0.15) is 5.75 Å². The van der Waals surface area contributed by atoms with E-state index in [0.717, 1.165) is 32.8 Å². The normalized spacial score (nSPS) is 18.5. The lowest BCUT2D eigenvalue weighted by atomic mass is 10.1. The minimum atomic E-state index is -0.366. The van der Waals surface area contributed by atoms with Crippen molar-refractivity contribution in [1.82, 2.24) is 10.2 Å². The largest absolute Gasteiger partial charge is 0.484 e. The Bertz CT molecular complexity index is 977. The predicted octanol–water partition coefficient (Wildman–Crippen LogP) is 1.51. The van der Waals surface area contributed by atoms with Gasteiger partial charge in [-0.05, 0) is 36.4 Å². The molecule has 3 amide bonds. The molecule has 0 radical (unpaired) electrons. The van der Waals surface area contributed by atoms with Gasteiger partial charge in [-0.25, -0.2) is 0 Å². The molecule has 34 heavy (non-hydrogen) atoms. The Morgan fingerprint density at radius 1 is 1.03 bits per heavy atom. The average Bonchev–Trinajstić information content (AvgIpc) is 3.26. The molecule has 9 heteroatoms. The van der Waals surface area contributed by atoms with Crippen LogP contribution in [0.5, 0.6) is 5.75 Å². The van der Waals surface area contributed by atoms with Gasteiger partial charge in [-0.1, -0.05) is 18.2 Å². The second-order valence-electron chi connectivity index (χ2n) is 8.35. The van der Waals surface area contributed by atoms with Crippen molar-refractivity contribution in [2.24, 2.45) is 5.92 Å². The van der Waals surface area contributed by atoms with Gasteiger partial charge in [0.15, 0.2) is 6.61 Å². The monoisotopic (exact) mass is 466 g/mol. The Balaban J connectivity index is 1.21. The van der Waals surface area contributed by atoms with Crippen LogP contribution in [0.25, 0.3) is 0 Å². The van der Waals surface area contributed by atoms with E-state index in [0.29, 0.717) is 30.2 Å². The van der Waals surface area contributed by atoms with Crippen molar-refractivity contribution in [3.63, 3.8) is 0 Å². The first-order valence-electron chi connectivity index (χ1n) is 11.5. The molecule has 4 rings (SSSR count). The van der Waals surface area contributed by atoms with Crippen molar-refractivity contribution in [1.29, 1.82) is 0 Å². The van der Waals surface area contributed by atoms with Crippen LogP contribution in [0.15, 0.2) is 54.6 Å². The lowest BCUT2D eigenvalue weighted by Crippen LogP contribution is -2.42.